The number of allylic oxidation sites excluding steroid dienone is 2. The van der Waals surface area contributed by atoms with Gasteiger partial charge in [0.15, 0.2) is 8.32 Å². The van der Waals surface area contributed by atoms with E-state index in [1.807, 2.05) is 0 Å². The third-order valence-corrected chi connectivity index (χ3v) is 8.91. The summed E-state index contributed by atoms with van der Waals surface area (Å²) >= 11 is 0. The van der Waals surface area contributed by atoms with Gasteiger partial charge in [-0.25, -0.2) is 0 Å². The molecule has 0 aromatic rings. The van der Waals surface area contributed by atoms with Crippen molar-refractivity contribution in [1.82, 2.24) is 0 Å². The zero-order valence-corrected chi connectivity index (χ0v) is 13.0. The molecule has 1 aliphatic carbocycles. The van der Waals surface area contributed by atoms with Crippen LogP contribution in [0.1, 0.15) is 33.6 Å². The zero-order valence-electron chi connectivity index (χ0n) is 12.0. The second kappa shape index (κ2) is 5.68. The molecule has 0 aromatic heterocycles. The molecule has 0 aliphatic heterocycles. The summed E-state index contributed by atoms with van der Waals surface area (Å²) in [6.45, 7) is 12.5. The number of hydrogen-bond donors (Lipinski definition) is 1. The molecule has 1 N–H and O–H groups in total. The highest BCUT2D eigenvalue weighted by molar-refractivity contribution is 6.74. The third kappa shape index (κ3) is 3.93. The fourth-order valence-electron chi connectivity index (χ4n) is 1.89. The Hall–Kier alpha value is -0.123. The highest BCUT2D eigenvalue weighted by Crippen LogP contribution is 2.37. The summed E-state index contributed by atoms with van der Waals surface area (Å²) in [6.07, 6.45) is 6.47. The van der Waals surface area contributed by atoms with Crippen LogP contribution in [-0.2, 0) is 4.43 Å². The average Bonchev–Trinajstić information content (AvgIpc) is 2.25. The van der Waals surface area contributed by atoms with Crippen LogP contribution in [0.4, 0.5) is 0 Å². The summed E-state index contributed by atoms with van der Waals surface area (Å²) in [4.78, 5) is 0. The van der Waals surface area contributed by atoms with E-state index in [0.717, 1.165) is 19.4 Å². The van der Waals surface area contributed by atoms with E-state index >= 15 is 0 Å². The molecule has 17 heavy (non-hydrogen) atoms. The van der Waals surface area contributed by atoms with Crippen molar-refractivity contribution in [3.05, 3.63) is 12.2 Å². The molecule has 2 nitrogen and oxygen atoms in total. The molecule has 0 bridgehead atoms. The SMILES string of the molecule is CC(C)(C)[Si](C)(C)OC[C@H]1CC=CC[C@@H]1CO. The molecule has 2 atom stereocenters. The Labute approximate surface area is 107 Å². The molecule has 1 aliphatic rings. The summed E-state index contributed by atoms with van der Waals surface area (Å²) in [7, 11) is -1.64. The van der Waals surface area contributed by atoms with Crippen LogP contribution in [0.3, 0.4) is 0 Å². The molecule has 0 amide bonds. The molecule has 0 saturated heterocycles. The van der Waals surface area contributed by atoms with Gasteiger partial charge in [-0.15, -0.1) is 0 Å². The van der Waals surface area contributed by atoms with Gasteiger partial charge in [-0.1, -0.05) is 32.9 Å². The normalized spacial score (nSPS) is 26.2. The topological polar surface area (TPSA) is 29.5 Å². The third-order valence-electron chi connectivity index (χ3n) is 4.41. The second-order valence-electron chi connectivity index (χ2n) is 6.72. The molecule has 0 radical (unpaired) electrons. The lowest BCUT2D eigenvalue weighted by atomic mass is 9.84. The molecule has 0 saturated carbocycles. The highest BCUT2D eigenvalue weighted by atomic mass is 28.4. The Morgan fingerprint density at radius 3 is 2.18 bits per heavy atom. The van der Waals surface area contributed by atoms with E-state index in [2.05, 4.69) is 46.0 Å². The van der Waals surface area contributed by atoms with Gasteiger partial charge in [-0.3, -0.25) is 0 Å². The van der Waals surface area contributed by atoms with Gasteiger partial charge in [-0.2, -0.15) is 0 Å². The zero-order chi connectivity index (χ0) is 13.1. The van der Waals surface area contributed by atoms with Crippen molar-refractivity contribution in [2.75, 3.05) is 13.2 Å². The lowest BCUT2D eigenvalue weighted by Crippen LogP contribution is -2.42. The van der Waals surface area contributed by atoms with Crippen molar-refractivity contribution in [2.45, 2.75) is 51.7 Å². The summed E-state index contributed by atoms with van der Waals surface area (Å²) in [5.74, 6) is 0.892. The summed E-state index contributed by atoms with van der Waals surface area (Å²) < 4.78 is 6.26. The first-order chi connectivity index (χ1) is 7.78. The largest absolute Gasteiger partial charge is 0.417 e. The van der Waals surface area contributed by atoms with Crippen molar-refractivity contribution in [1.29, 1.82) is 0 Å². The second-order valence-corrected chi connectivity index (χ2v) is 11.5. The molecule has 3 heteroatoms. The van der Waals surface area contributed by atoms with E-state index in [1.54, 1.807) is 0 Å². The van der Waals surface area contributed by atoms with Gasteiger partial charge in [0.05, 0.1) is 0 Å². The predicted octanol–water partition coefficient (Wildman–Crippen LogP) is 3.58. The first-order valence-electron chi connectivity index (χ1n) is 6.68. The Balaban J connectivity index is 2.52. The van der Waals surface area contributed by atoms with Crippen molar-refractivity contribution in [3.63, 3.8) is 0 Å². The summed E-state index contributed by atoms with van der Waals surface area (Å²) in [5.41, 5.74) is 0. The summed E-state index contributed by atoms with van der Waals surface area (Å²) in [5, 5.41) is 9.64. The minimum Gasteiger partial charge on any atom is -0.417 e. The smallest absolute Gasteiger partial charge is 0.191 e. The molecular formula is C14H28O2Si. The predicted molar refractivity (Wildman–Crippen MR) is 75.6 cm³/mol. The van der Waals surface area contributed by atoms with Crippen molar-refractivity contribution >= 4 is 8.32 Å². The fourth-order valence-corrected chi connectivity index (χ4v) is 2.95. The molecule has 1 rings (SSSR count). The van der Waals surface area contributed by atoms with E-state index in [0.29, 0.717) is 11.8 Å². The van der Waals surface area contributed by atoms with Crippen LogP contribution >= 0.6 is 0 Å². The maximum atomic E-state index is 9.37. The monoisotopic (exact) mass is 256 g/mol. The maximum absolute atomic E-state index is 9.37. The van der Waals surface area contributed by atoms with Gasteiger partial charge >= 0.3 is 0 Å². The van der Waals surface area contributed by atoms with Crippen molar-refractivity contribution < 1.29 is 9.53 Å². The molecule has 0 unspecified atom stereocenters. The molecular weight excluding hydrogens is 228 g/mol. The van der Waals surface area contributed by atoms with Crippen LogP contribution in [0, 0.1) is 11.8 Å². The van der Waals surface area contributed by atoms with Crippen molar-refractivity contribution in [2.24, 2.45) is 11.8 Å². The Kier molecular flexibility index (Phi) is 4.99. The fraction of sp³-hybridized carbons (Fsp3) is 0.857. The van der Waals surface area contributed by atoms with Gasteiger partial charge < -0.3 is 9.53 Å². The van der Waals surface area contributed by atoms with Crippen molar-refractivity contribution in [3.8, 4) is 0 Å². The molecule has 0 heterocycles. The Morgan fingerprint density at radius 1 is 1.18 bits per heavy atom. The van der Waals surface area contributed by atoms with Crippen LogP contribution in [0.5, 0.6) is 0 Å². The van der Waals surface area contributed by atoms with E-state index in [-0.39, 0.29) is 11.6 Å². The van der Waals surface area contributed by atoms with Crippen LogP contribution < -0.4 is 0 Å². The Morgan fingerprint density at radius 2 is 1.71 bits per heavy atom. The van der Waals surface area contributed by atoms with Gasteiger partial charge in [0.25, 0.3) is 0 Å². The van der Waals surface area contributed by atoms with Gasteiger partial charge in [0.2, 0.25) is 0 Å². The van der Waals surface area contributed by atoms with Crippen LogP contribution in [0.15, 0.2) is 12.2 Å². The summed E-state index contributed by atoms with van der Waals surface area (Å²) in [6, 6.07) is 0. The number of rotatable bonds is 4. The minimum atomic E-state index is -1.64. The first-order valence-corrected chi connectivity index (χ1v) is 9.58. The van der Waals surface area contributed by atoms with Gasteiger partial charge in [0, 0.05) is 13.2 Å². The van der Waals surface area contributed by atoms with Crippen LogP contribution in [0.2, 0.25) is 18.1 Å². The molecule has 0 spiro atoms. The highest BCUT2D eigenvalue weighted by Gasteiger charge is 2.38. The Bertz CT molecular complexity index is 266. The van der Waals surface area contributed by atoms with E-state index in [9.17, 15) is 5.11 Å². The minimum absolute atomic E-state index is 0.270. The average molecular weight is 256 g/mol. The molecule has 0 aromatic carbocycles. The van der Waals surface area contributed by atoms with E-state index in [4.69, 9.17) is 4.43 Å². The number of aliphatic hydroxyl groups excluding tert-OH is 1. The number of hydrogen-bond acceptors (Lipinski definition) is 2. The lowest BCUT2D eigenvalue weighted by molar-refractivity contribution is 0.121. The van der Waals surface area contributed by atoms with Crippen LogP contribution in [0.25, 0.3) is 0 Å². The number of aliphatic hydroxyl groups is 1. The van der Waals surface area contributed by atoms with E-state index in [1.165, 1.54) is 0 Å². The van der Waals surface area contributed by atoms with E-state index < -0.39 is 8.32 Å². The first kappa shape index (κ1) is 14.9. The lowest BCUT2D eigenvalue weighted by Gasteiger charge is -2.38. The van der Waals surface area contributed by atoms with Crippen LogP contribution in [-0.4, -0.2) is 26.6 Å². The standard InChI is InChI=1S/C14H28O2Si/c1-14(2,3)17(4,5)16-11-13-9-7-6-8-12(13)10-15/h6-7,12-13,15H,8-11H2,1-5H3/t12-,13-/m1/s1. The molecule has 0 fully saturated rings. The molecule has 100 valence electrons. The quantitative estimate of drug-likeness (QED) is 0.615. The maximum Gasteiger partial charge on any atom is 0.191 e. The van der Waals surface area contributed by atoms with Gasteiger partial charge in [0.1, 0.15) is 0 Å². The van der Waals surface area contributed by atoms with Gasteiger partial charge in [-0.05, 0) is 42.8 Å².